The van der Waals surface area contributed by atoms with Crippen molar-refractivity contribution in [2.24, 2.45) is 7.05 Å². The van der Waals surface area contributed by atoms with Gasteiger partial charge in [-0.2, -0.15) is 5.10 Å². The molecule has 1 aromatic carbocycles. The Hall–Kier alpha value is -2.68. The van der Waals surface area contributed by atoms with Crippen molar-refractivity contribution in [2.45, 2.75) is 29.8 Å². The van der Waals surface area contributed by atoms with Crippen LogP contribution in [0.3, 0.4) is 0 Å². The lowest BCUT2D eigenvalue weighted by Crippen LogP contribution is -2.34. The van der Waals surface area contributed by atoms with Crippen molar-refractivity contribution in [3.63, 3.8) is 0 Å². The topological polar surface area (TPSA) is 94.1 Å². The molecule has 0 saturated heterocycles. The number of alkyl halides is 2. The molecule has 0 aliphatic heterocycles. The average Bonchev–Trinajstić information content (AvgIpc) is 3.36. The van der Waals surface area contributed by atoms with Crippen LogP contribution in [0.2, 0.25) is 5.02 Å². The van der Waals surface area contributed by atoms with Gasteiger partial charge in [-0.3, -0.25) is 9.53 Å². The fraction of sp³-hybridized carbons (Fsp3) is 0.294. The van der Waals surface area contributed by atoms with E-state index in [9.17, 15) is 17.2 Å². The number of sulfonamides is 1. The molecule has 2 aromatic heterocycles. The van der Waals surface area contributed by atoms with E-state index < -0.39 is 27.8 Å². The highest BCUT2D eigenvalue weighted by atomic mass is 35.5. The minimum Gasteiger partial charge on any atom is -0.292 e. The van der Waals surface area contributed by atoms with Crippen molar-refractivity contribution in [3.05, 3.63) is 46.4 Å². The normalized spacial score (nSPS) is 15.6. The molecule has 1 aliphatic rings. The monoisotopic (exact) mass is 438 g/mol. The average molecular weight is 439 g/mol. The van der Waals surface area contributed by atoms with E-state index in [0.29, 0.717) is 23.7 Å². The zero-order valence-electron chi connectivity index (χ0n) is 14.9. The summed E-state index contributed by atoms with van der Waals surface area (Å²) in [6.07, 6.45) is -1.88. The Morgan fingerprint density at radius 2 is 2.03 bits per heavy atom. The summed E-state index contributed by atoms with van der Waals surface area (Å²) in [5.74, 6) is 0. The predicted molar refractivity (Wildman–Crippen MR) is 101 cm³/mol. The highest BCUT2D eigenvalue weighted by Gasteiger charge is 2.54. The Morgan fingerprint density at radius 3 is 2.59 bits per heavy atom. The molecule has 8 nitrogen and oxygen atoms in total. The second-order valence-corrected chi connectivity index (χ2v) is 8.76. The largest absolute Gasteiger partial charge is 0.299 e. The van der Waals surface area contributed by atoms with Crippen molar-refractivity contribution in [1.82, 2.24) is 24.7 Å². The summed E-state index contributed by atoms with van der Waals surface area (Å²) in [7, 11) is -2.40. The summed E-state index contributed by atoms with van der Waals surface area (Å²) in [6.45, 7) is 7.17. The Bertz CT molecular complexity index is 1260. The molecule has 1 N–H and O–H groups in total. The van der Waals surface area contributed by atoms with Crippen LogP contribution >= 0.6 is 11.6 Å². The first-order valence-corrected chi connectivity index (χ1v) is 10.2. The quantitative estimate of drug-likeness (QED) is 0.617. The summed E-state index contributed by atoms with van der Waals surface area (Å²) >= 11 is 6.31. The smallest absolute Gasteiger partial charge is 0.292 e. The summed E-state index contributed by atoms with van der Waals surface area (Å²) in [5, 5.41) is 12.1. The van der Waals surface area contributed by atoms with Gasteiger partial charge in [-0.15, -0.1) is 14.9 Å². The molecule has 0 unspecified atom stereocenters. The molecule has 3 aromatic rings. The predicted octanol–water partition coefficient (Wildman–Crippen LogP) is 3.31. The van der Waals surface area contributed by atoms with Gasteiger partial charge >= 0.3 is 0 Å². The van der Waals surface area contributed by atoms with Gasteiger partial charge in [0.1, 0.15) is 17.1 Å². The van der Waals surface area contributed by atoms with Gasteiger partial charge in [-0.05, 0) is 24.3 Å². The number of fused-ring (bicyclic) bond motifs is 1. The first kappa shape index (κ1) is 19.6. The molecular weight excluding hydrogens is 426 g/mol. The molecule has 0 bridgehead atoms. The summed E-state index contributed by atoms with van der Waals surface area (Å²) in [5.41, 5.74) is -0.686. The second kappa shape index (κ2) is 6.69. The van der Waals surface area contributed by atoms with Crippen molar-refractivity contribution < 1.29 is 17.2 Å². The number of aromatic nitrogens is 4. The zero-order chi connectivity index (χ0) is 21.0. The first-order valence-electron chi connectivity index (χ1n) is 8.37. The number of nitrogens with one attached hydrogen (secondary N) is 1. The lowest BCUT2D eigenvalue weighted by molar-refractivity contribution is 0.145. The molecular formula is C17H13ClF2N6O2S. The van der Waals surface area contributed by atoms with Crippen LogP contribution in [0.15, 0.2) is 29.2 Å². The molecule has 1 aliphatic carbocycles. The van der Waals surface area contributed by atoms with Gasteiger partial charge in [0.2, 0.25) is 10.0 Å². The molecule has 12 heteroatoms. The van der Waals surface area contributed by atoms with Crippen LogP contribution in [0.5, 0.6) is 0 Å². The highest BCUT2D eigenvalue weighted by molar-refractivity contribution is 7.89. The number of rotatable bonds is 5. The fourth-order valence-corrected chi connectivity index (χ4v) is 4.75. The first-order chi connectivity index (χ1) is 13.7. The number of hydrogen-bond acceptors (Lipinski definition) is 5. The van der Waals surface area contributed by atoms with Gasteiger partial charge in [0.05, 0.1) is 28.3 Å². The molecule has 1 saturated carbocycles. The number of benzene rings is 1. The van der Waals surface area contributed by atoms with Crippen LogP contribution in [-0.4, -0.2) is 34.1 Å². The van der Waals surface area contributed by atoms with Crippen LogP contribution in [-0.2, 0) is 17.1 Å². The van der Waals surface area contributed by atoms with Crippen molar-refractivity contribution >= 4 is 32.5 Å². The molecule has 0 atom stereocenters. The summed E-state index contributed by atoms with van der Waals surface area (Å²) < 4.78 is 54.8. The number of aryl methyl sites for hydroxylation is 1. The van der Waals surface area contributed by atoms with Crippen LogP contribution in [0.25, 0.3) is 27.1 Å². The van der Waals surface area contributed by atoms with E-state index in [1.165, 1.54) is 22.9 Å². The third-order valence-electron chi connectivity index (χ3n) is 4.59. The summed E-state index contributed by atoms with van der Waals surface area (Å²) in [6, 6.07) is 5.11. The third-order valence-corrected chi connectivity index (χ3v) is 6.38. The molecule has 29 heavy (non-hydrogen) atoms. The van der Waals surface area contributed by atoms with E-state index in [1.54, 1.807) is 7.05 Å². The van der Waals surface area contributed by atoms with Crippen LogP contribution in [0.4, 0.5) is 8.78 Å². The Kier molecular flexibility index (Phi) is 4.53. The van der Waals surface area contributed by atoms with Gasteiger partial charge in [-0.1, -0.05) is 11.6 Å². The van der Waals surface area contributed by atoms with E-state index >= 15 is 0 Å². The van der Waals surface area contributed by atoms with Crippen LogP contribution < -0.4 is 4.72 Å². The Labute approximate surface area is 169 Å². The van der Waals surface area contributed by atoms with Gasteiger partial charge in [0.15, 0.2) is 0 Å². The molecule has 1 fully saturated rings. The van der Waals surface area contributed by atoms with Gasteiger partial charge in [0, 0.05) is 12.4 Å². The Balaban J connectivity index is 1.84. The maximum absolute atomic E-state index is 12.8. The standard InChI is InChI=1S/C17H13ClF2N6O2S/c1-21-17(5-6-17)25-29(27,28)9-7-10-14(24-26(2)15(10)11(18)8-9)12-3-4-13(16(19)20)23-22-12/h3-4,7-8,16,25H,5-6H2,2H3. The zero-order valence-corrected chi connectivity index (χ0v) is 16.5. The Morgan fingerprint density at radius 1 is 1.31 bits per heavy atom. The summed E-state index contributed by atoms with van der Waals surface area (Å²) in [4.78, 5) is 3.22. The third kappa shape index (κ3) is 3.43. The lowest BCUT2D eigenvalue weighted by atomic mass is 10.1. The number of halogens is 3. The second-order valence-electron chi connectivity index (χ2n) is 6.67. The SMILES string of the molecule is [C-]#[N+]C1(NS(=O)(=O)c2cc(Cl)c3c(c2)c(-c2ccc(C(F)F)nn2)nn3C)CC1. The molecule has 2 heterocycles. The fourth-order valence-electron chi connectivity index (χ4n) is 2.93. The van der Waals surface area contributed by atoms with E-state index in [1.807, 2.05) is 0 Å². The van der Waals surface area contributed by atoms with Gasteiger partial charge in [0.25, 0.3) is 12.1 Å². The van der Waals surface area contributed by atoms with E-state index in [-0.39, 0.29) is 21.3 Å². The van der Waals surface area contributed by atoms with E-state index in [2.05, 4.69) is 24.9 Å². The highest BCUT2D eigenvalue weighted by Crippen LogP contribution is 2.39. The van der Waals surface area contributed by atoms with Crippen LogP contribution in [0, 0.1) is 6.57 Å². The minimum absolute atomic E-state index is 0.128. The number of hydrogen-bond donors (Lipinski definition) is 1. The molecule has 150 valence electrons. The van der Waals surface area contributed by atoms with Gasteiger partial charge in [-0.25, -0.2) is 23.8 Å². The van der Waals surface area contributed by atoms with E-state index in [0.717, 1.165) is 6.07 Å². The molecule has 0 amide bonds. The minimum atomic E-state index is -4.01. The molecule has 4 rings (SSSR count). The molecule has 0 radical (unpaired) electrons. The number of nitrogens with zero attached hydrogens (tertiary/aromatic N) is 5. The maximum Gasteiger partial charge on any atom is 0.299 e. The van der Waals surface area contributed by atoms with Gasteiger partial charge < -0.3 is 0 Å². The molecule has 0 spiro atoms. The lowest BCUT2D eigenvalue weighted by Gasteiger charge is -2.09. The van der Waals surface area contributed by atoms with Crippen LogP contribution in [0.1, 0.15) is 25.0 Å². The van der Waals surface area contributed by atoms with Crippen molar-refractivity contribution in [3.8, 4) is 11.4 Å². The maximum atomic E-state index is 12.8. The van der Waals surface area contributed by atoms with Crippen molar-refractivity contribution in [1.29, 1.82) is 0 Å². The van der Waals surface area contributed by atoms with E-state index in [4.69, 9.17) is 18.2 Å². The van der Waals surface area contributed by atoms with Crippen molar-refractivity contribution in [2.75, 3.05) is 0 Å².